The molecule has 0 aromatic rings. The van der Waals surface area contributed by atoms with Crippen molar-refractivity contribution in [1.29, 1.82) is 0 Å². The van der Waals surface area contributed by atoms with Gasteiger partial charge in [0, 0.05) is 5.57 Å². The number of aliphatic hydroxyl groups excluding tert-OH is 1. The fourth-order valence-electron chi connectivity index (χ4n) is 0.432. The van der Waals surface area contributed by atoms with E-state index in [0.29, 0.717) is 0 Å². The van der Waals surface area contributed by atoms with Gasteiger partial charge in [-0.2, -0.15) is 0 Å². The van der Waals surface area contributed by atoms with E-state index >= 15 is 0 Å². The van der Waals surface area contributed by atoms with Gasteiger partial charge in [-0.1, -0.05) is 6.08 Å². The maximum Gasteiger partial charge on any atom is 0.376 e. The van der Waals surface area contributed by atoms with Crippen LogP contribution in [-0.4, -0.2) is 22.0 Å². The third kappa shape index (κ3) is 3.20. The van der Waals surface area contributed by atoms with Crippen molar-refractivity contribution in [3.05, 3.63) is 24.0 Å². The van der Waals surface area contributed by atoms with Crippen LogP contribution in [0.25, 0.3) is 0 Å². The molecule has 0 saturated carbocycles. The summed E-state index contributed by atoms with van der Waals surface area (Å²) in [6.45, 7) is 1.36. The lowest BCUT2D eigenvalue weighted by Crippen LogP contribution is -2.12. The molecule has 0 amide bonds. The van der Waals surface area contributed by atoms with E-state index in [2.05, 4.69) is 0 Å². The van der Waals surface area contributed by atoms with Gasteiger partial charge in [0.1, 0.15) is 0 Å². The first-order chi connectivity index (χ1) is 5.09. The van der Waals surface area contributed by atoms with Gasteiger partial charge in [0.2, 0.25) is 0 Å². The number of aliphatic hydroxyl groups is 1. The van der Waals surface area contributed by atoms with Gasteiger partial charge in [-0.05, 0) is 13.0 Å². The van der Waals surface area contributed by atoms with Gasteiger partial charge in [-0.25, -0.2) is 4.79 Å². The quantitative estimate of drug-likeness (QED) is 0.272. The molecule has 11 heavy (non-hydrogen) atoms. The molecule has 60 valence electrons. The molecule has 0 aromatic heterocycles. The predicted octanol–water partition coefficient (Wildman–Crippen LogP) is 0.658. The zero-order valence-electron chi connectivity index (χ0n) is 5.94. The molecule has 0 rings (SSSR count). The highest BCUT2D eigenvalue weighted by Gasteiger charge is 2.11. The van der Waals surface area contributed by atoms with E-state index < -0.39 is 11.8 Å². The average Bonchev–Trinajstić information content (AvgIpc) is 1.98. The van der Waals surface area contributed by atoms with Crippen LogP contribution in [0.2, 0.25) is 0 Å². The lowest BCUT2D eigenvalue weighted by atomic mass is 10.2. The normalized spacial score (nSPS) is 11.9. The Labute approximate surface area is 63.5 Å². The number of allylic oxidation sites excluding steroid dienone is 2. The summed E-state index contributed by atoms with van der Waals surface area (Å²) < 4.78 is 0. The van der Waals surface area contributed by atoms with Crippen LogP contribution in [0.4, 0.5) is 0 Å². The summed E-state index contributed by atoms with van der Waals surface area (Å²) in [6.07, 6.45) is 3.12. The minimum atomic E-state index is -1.50. The lowest BCUT2D eigenvalue weighted by molar-refractivity contribution is -0.147. The van der Waals surface area contributed by atoms with Gasteiger partial charge in [0.15, 0.2) is 0 Å². The number of hydrogen-bond acceptors (Lipinski definition) is 3. The molecule has 0 radical (unpaired) electrons. The molecule has 0 bridgehead atoms. The number of rotatable bonds is 3. The SMILES string of the molecule is CC(=CC=CO)C(=O)C(=O)O. The number of carboxylic acids is 1. The molecule has 0 saturated heterocycles. The lowest BCUT2D eigenvalue weighted by Gasteiger charge is -1.90. The van der Waals surface area contributed by atoms with Crippen molar-refractivity contribution in [2.75, 3.05) is 0 Å². The van der Waals surface area contributed by atoms with Crippen LogP contribution >= 0.6 is 0 Å². The van der Waals surface area contributed by atoms with Crippen molar-refractivity contribution < 1.29 is 19.8 Å². The Kier molecular flexibility index (Phi) is 3.66. The minimum absolute atomic E-state index is 0.0720. The molecule has 0 heterocycles. The summed E-state index contributed by atoms with van der Waals surface area (Å²) >= 11 is 0. The average molecular weight is 156 g/mol. The Morgan fingerprint density at radius 3 is 2.27 bits per heavy atom. The van der Waals surface area contributed by atoms with Gasteiger partial charge >= 0.3 is 5.97 Å². The first-order valence-corrected chi connectivity index (χ1v) is 2.85. The molecule has 4 heteroatoms. The van der Waals surface area contributed by atoms with Crippen molar-refractivity contribution in [3.63, 3.8) is 0 Å². The van der Waals surface area contributed by atoms with E-state index in [1.54, 1.807) is 0 Å². The summed E-state index contributed by atoms with van der Waals surface area (Å²) in [5.74, 6) is -2.46. The monoisotopic (exact) mass is 156 g/mol. The van der Waals surface area contributed by atoms with Crippen LogP contribution in [0.1, 0.15) is 6.92 Å². The van der Waals surface area contributed by atoms with Crippen LogP contribution in [-0.2, 0) is 9.59 Å². The maximum atomic E-state index is 10.6. The van der Waals surface area contributed by atoms with Crippen molar-refractivity contribution >= 4 is 11.8 Å². The van der Waals surface area contributed by atoms with Crippen LogP contribution in [0.3, 0.4) is 0 Å². The Morgan fingerprint density at radius 1 is 1.36 bits per heavy atom. The van der Waals surface area contributed by atoms with E-state index in [4.69, 9.17) is 10.2 Å². The van der Waals surface area contributed by atoms with E-state index in [1.165, 1.54) is 19.1 Å². The summed E-state index contributed by atoms with van der Waals surface area (Å²) in [6, 6.07) is 0. The van der Waals surface area contributed by atoms with Gasteiger partial charge in [0.05, 0.1) is 6.26 Å². The topological polar surface area (TPSA) is 74.6 Å². The largest absolute Gasteiger partial charge is 0.516 e. The van der Waals surface area contributed by atoms with Crippen LogP contribution in [0, 0.1) is 0 Å². The smallest absolute Gasteiger partial charge is 0.376 e. The van der Waals surface area contributed by atoms with E-state index in [1.807, 2.05) is 0 Å². The Balaban J connectivity index is 4.36. The zero-order valence-corrected chi connectivity index (χ0v) is 5.94. The van der Waals surface area contributed by atoms with Crippen molar-refractivity contribution in [3.8, 4) is 0 Å². The highest BCUT2D eigenvalue weighted by atomic mass is 16.4. The van der Waals surface area contributed by atoms with Crippen molar-refractivity contribution in [2.24, 2.45) is 0 Å². The van der Waals surface area contributed by atoms with E-state index in [9.17, 15) is 9.59 Å². The number of aliphatic carboxylic acids is 1. The van der Waals surface area contributed by atoms with Crippen molar-refractivity contribution in [1.82, 2.24) is 0 Å². The highest BCUT2D eigenvalue weighted by Crippen LogP contribution is 1.94. The second-order valence-electron chi connectivity index (χ2n) is 1.83. The van der Waals surface area contributed by atoms with Crippen LogP contribution in [0.5, 0.6) is 0 Å². The van der Waals surface area contributed by atoms with Crippen molar-refractivity contribution in [2.45, 2.75) is 6.92 Å². The molecule has 2 N–H and O–H groups in total. The van der Waals surface area contributed by atoms with E-state index in [-0.39, 0.29) is 5.57 Å². The molecule has 0 aromatic carbocycles. The molecular formula is C7H8O4. The van der Waals surface area contributed by atoms with Gasteiger partial charge in [0.25, 0.3) is 5.78 Å². The maximum absolute atomic E-state index is 10.6. The second-order valence-corrected chi connectivity index (χ2v) is 1.83. The zero-order chi connectivity index (χ0) is 8.85. The minimum Gasteiger partial charge on any atom is -0.516 e. The fraction of sp³-hybridized carbons (Fsp3) is 0.143. The second kappa shape index (κ2) is 4.27. The van der Waals surface area contributed by atoms with Gasteiger partial charge in [-0.15, -0.1) is 0 Å². The number of Topliss-reactive ketones (excluding diaryl/α,β-unsaturated/α-hetero) is 1. The van der Waals surface area contributed by atoms with Gasteiger partial charge in [-0.3, -0.25) is 4.79 Å². The molecule has 0 aliphatic carbocycles. The summed E-state index contributed by atoms with van der Waals surface area (Å²) in [5.41, 5.74) is 0.0720. The van der Waals surface area contributed by atoms with E-state index in [0.717, 1.165) is 6.26 Å². The Morgan fingerprint density at radius 2 is 1.91 bits per heavy atom. The summed E-state index contributed by atoms with van der Waals surface area (Å²) in [7, 11) is 0. The predicted molar refractivity (Wildman–Crippen MR) is 38.2 cm³/mol. The molecule has 0 atom stereocenters. The Bertz CT molecular complexity index is 225. The van der Waals surface area contributed by atoms with Crippen LogP contribution < -0.4 is 0 Å². The third-order valence-electron chi connectivity index (χ3n) is 0.985. The molecule has 4 nitrogen and oxygen atoms in total. The Hall–Kier alpha value is -1.58. The standard InChI is InChI=1S/C7H8O4/c1-5(3-2-4-8)6(9)7(10)11/h2-4,8H,1H3,(H,10,11). The number of carbonyl (C=O) groups excluding carboxylic acids is 1. The first-order valence-electron chi connectivity index (χ1n) is 2.85. The highest BCUT2D eigenvalue weighted by molar-refractivity contribution is 6.39. The van der Waals surface area contributed by atoms with Crippen LogP contribution in [0.15, 0.2) is 24.0 Å². The molecule has 0 fully saturated rings. The first kappa shape index (κ1) is 9.42. The number of hydrogen-bond donors (Lipinski definition) is 2. The summed E-state index contributed by atoms with van der Waals surface area (Å²) in [5, 5.41) is 16.3. The number of carbonyl (C=O) groups is 2. The molecule has 0 aliphatic heterocycles. The molecule has 0 aliphatic rings. The number of ketones is 1. The third-order valence-corrected chi connectivity index (χ3v) is 0.985. The molecular weight excluding hydrogens is 148 g/mol. The molecule has 0 spiro atoms. The number of carboxylic acid groups (broad SMARTS) is 1. The molecule has 0 unspecified atom stereocenters. The fourth-order valence-corrected chi connectivity index (χ4v) is 0.432. The van der Waals surface area contributed by atoms with Gasteiger partial charge < -0.3 is 10.2 Å². The summed E-state index contributed by atoms with van der Waals surface area (Å²) in [4.78, 5) is 20.6.